The second-order valence-corrected chi connectivity index (χ2v) is 14.1. The molecule has 11 aromatic rings. The average molecular weight is 688 g/mol. The molecule has 1 aromatic heterocycles. The Morgan fingerprint density at radius 1 is 0.333 bits per heavy atom. The Morgan fingerprint density at radius 2 is 0.907 bits per heavy atom. The van der Waals surface area contributed by atoms with Gasteiger partial charge >= 0.3 is 0 Å². The predicted octanol–water partition coefficient (Wildman–Crippen LogP) is 15.0. The highest BCUT2D eigenvalue weighted by atomic mass is 16.3. The molecule has 1 heterocycles. The van der Waals surface area contributed by atoms with E-state index in [4.69, 9.17) is 4.42 Å². The normalized spacial score (nSPS) is 11.7. The summed E-state index contributed by atoms with van der Waals surface area (Å²) >= 11 is 0. The number of fused-ring (bicyclic) bond motifs is 9. The second-order valence-electron chi connectivity index (χ2n) is 14.1. The van der Waals surface area contributed by atoms with E-state index in [-0.39, 0.29) is 0 Å². The van der Waals surface area contributed by atoms with Gasteiger partial charge in [0.25, 0.3) is 0 Å². The number of hydrogen-bond acceptors (Lipinski definition) is 2. The smallest absolute Gasteiger partial charge is 0.145 e. The van der Waals surface area contributed by atoms with Crippen molar-refractivity contribution >= 4 is 82.1 Å². The lowest BCUT2D eigenvalue weighted by Gasteiger charge is -2.27. The van der Waals surface area contributed by atoms with Crippen molar-refractivity contribution in [1.82, 2.24) is 0 Å². The van der Waals surface area contributed by atoms with Crippen LogP contribution in [0.4, 0.5) is 17.1 Å². The molecule has 0 aliphatic rings. The minimum atomic E-state index is 0.876. The number of anilines is 3. The summed E-state index contributed by atoms with van der Waals surface area (Å²) in [6, 6.07) is 72.3. The molecule has 11 rings (SSSR count). The molecule has 0 N–H and O–H groups in total. The lowest BCUT2D eigenvalue weighted by Crippen LogP contribution is -2.10. The second kappa shape index (κ2) is 12.2. The Hall–Kier alpha value is -7.16. The molecule has 0 radical (unpaired) electrons. The van der Waals surface area contributed by atoms with Crippen LogP contribution < -0.4 is 4.90 Å². The number of benzene rings is 10. The Bertz CT molecular complexity index is 3210. The van der Waals surface area contributed by atoms with E-state index in [1.165, 1.54) is 54.2 Å². The van der Waals surface area contributed by atoms with Crippen molar-refractivity contribution in [3.8, 4) is 22.3 Å². The fraction of sp³-hybridized carbons (Fsp3) is 0. The highest BCUT2D eigenvalue weighted by Gasteiger charge is 2.22. The van der Waals surface area contributed by atoms with Crippen molar-refractivity contribution in [1.29, 1.82) is 0 Å². The summed E-state index contributed by atoms with van der Waals surface area (Å²) in [6.45, 7) is 0. The van der Waals surface area contributed by atoms with Gasteiger partial charge in [-0.25, -0.2) is 0 Å². The number of para-hydroxylation sites is 1. The first-order valence-corrected chi connectivity index (χ1v) is 18.5. The highest BCUT2D eigenvalue weighted by Crippen LogP contribution is 2.47. The van der Waals surface area contributed by atoms with Gasteiger partial charge in [-0.15, -0.1) is 0 Å². The van der Waals surface area contributed by atoms with Gasteiger partial charge in [-0.3, -0.25) is 0 Å². The van der Waals surface area contributed by atoms with Gasteiger partial charge in [0.2, 0.25) is 0 Å². The third-order valence-corrected chi connectivity index (χ3v) is 11.0. The van der Waals surface area contributed by atoms with Crippen LogP contribution in [0.5, 0.6) is 0 Å². The molecule has 0 saturated heterocycles. The third-order valence-electron chi connectivity index (χ3n) is 11.0. The van der Waals surface area contributed by atoms with Crippen LogP contribution in [0, 0.1) is 0 Å². The van der Waals surface area contributed by atoms with Crippen molar-refractivity contribution in [2.45, 2.75) is 0 Å². The molecule has 0 atom stereocenters. The van der Waals surface area contributed by atoms with Gasteiger partial charge in [0.1, 0.15) is 11.2 Å². The quantitative estimate of drug-likeness (QED) is 0.168. The highest BCUT2D eigenvalue weighted by molar-refractivity contribution is 6.17. The van der Waals surface area contributed by atoms with Gasteiger partial charge in [-0.2, -0.15) is 0 Å². The summed E-state index contributed by atoms with van der Waals surface area (Å²) in [5, 5.41) is 12.2. The van der Waals surface area contributed by atoms with E-state index in [0.29, 0.717) is 0 Å². The molecule has 0 spiro atoms. The molecule has 0 unspecified atom stereocenters. The van der Waals surface area contributed by atoms with Gasteiger partial charge in [0.15, 0.2) is 0 Å². The lowest BCUT2D eigenvalue weighted by atomic mass is 9.96. The monoisotopic (exact) mass is 687 g/mol. The maximum Gasteiger partial charge on any atom is 0.145 e. The lowest BCUT2D eigenvalue weighted by molar-refractivity contribution is 0.670. The van der Waals surface area contributed by atoms with Crippen LogP contribution >= 0.6 is 0 Å². The van der Waals surface area contributed by atoms with Crippen molar-refractivity contribution in [3.05, 3.63) is 200 Å². The van der Waals surface area contributed by atoms with Gasteiger partial charge in [-0.1, -0.05) is 152 Å². The zero-order chi connectivity index (χ0) is 35.6. The molecular weight excluding hydrogens is 655 g/mol. The standard InChI is InChI=1S/C52H33NO/c1-2-10-35(11-3-1)46-30-31-49(51-47-16-8-9-17-50(47)54-52(46)51)53(42-28-29-45-40(32-42)23-21-36-12-4-6-14-43(36)45)41-26-24-34(25-27-41)39-22-20-38-19-18-37-13-5-7-15-44(37)48(38)33-39/h1-33H. The minimum Gasteiger partial charge on any atom is -0.455 e. The fourth-order valence-corrected chi connectivity index (χ4v) is 8.39. The van der Waals surface area contributed by atoms with Crippen molar-refractivity contribution in [2.24, 2.45) is 0 Å². The topological polar surface area (TPSA) is 16.4 Å². The zero-order valence-corrected chi connectivity index (χ0v) is 29.4. The van der Waals surface area contributed by atoms with E-state index in [1.807, 2.05) is 6.07 Å². The Kier molecular flexibility index (Phi) is 6.90. The molecule has 0 amide bonds. The van der Waals surface area contributed by atoms with Crippen molar-refractivity contribution < 1.29 is 4.42 Å². The molecule has 54 heavy (non-hydrogen) atoms. The minimum absolute atomic E-state index is 0.876. The van der Waals surface area contributed by atoms with E-state index < -0.39 is 0 Å². The summed E-state index contributed by atoms with van der Waals surface area (Å²) in [6.07, 6.45) is 0. The van der Waals surface area contributed by atoms with Crippen LogP contribution in [0.3, 0.4) is 0 Å². The van der Waals surface area contributed by atoms with Crippen LogP contribution in [0.15, 0.2) is 205 Å². The summed E-state index contributed by atoms with van der Waals surface area (Å²) in [7, 11) is 0. The molecule has 0 fully saturated rings. The molecule has 2 nitrogen and oxygen atoms in total. The Balaban J connectivity index is 1.12. The first-order valence-electron chi connectivity index (χ1n) is 18.5. The number of rotatable bonds is 5. The van der Waals surface area contributed by atoms with Crippen LogP contribution in [0.25, 0.3) is 87.3 Å². The Labute approximate surface area is 312 Å². The summed E-state index contributed by atoms with van der Waals surface area (Å²) < 4.78 is 6.73. The van der Waals surface area contributed by atoms with Gasteiger partial charge in [0, 0.05) is 22.3 Å². The molecule has 0 aliphatic carbocycles. The predicted molar refractivity (Wildman–Crippen MR) is 229 cm³/mol. The molecule has 0 saturated carbocycles. The maximum atomic E-state index is 6.73. The van der Waals surface area contributed by atoms with E-state index in [0.717, 1.165) is 50.1 Å². The molecular formula is C52H33NO. The first kappa shape index (κ1) is 30.5. The maximum absolute atomic E-state index is 6.73. The molecule has 0 bridgehead atoms. The Morgan fingerprint density at radius 3 is 1.69 bits per heavy atom. The SMILES string of the molecule is c1ccc(-c2ccc(N(c3ccc(-c4ccc5ccc6ccccc6c5c4)cc3)c3ccc4c(ccc5ccccc54)c3)c3c2oc2ccccc23)cc1. The molecule has 10 aromatic carbocycles. The van der Waals surface area contributed by atoms with Gasteiger partial charge in [-0.05, 0) is 108 Å². The molecule has 0 aliphatic heterocycles. The summed E-state index contributed by atoms with van der Waals surface area (Å²) in [4.78, 5) is 2.39. The van der Waals surface area contributed by atoms with Crippen molar-refractivity contribution in [3.63, 3.8) is 0 Å². The van der Waals surface area contributed by atoms with Crippen LogP contribution in [-0.2, 0) is 0 Å². The van der Waals surface area contributed by atoms with Gasteiger partial charge in [0.05, 0.1) is 11.1 Å². The number of hydrogen-bond donors (Lipinski definition) is 0. The number of furan rings is 1. The van der Waals surface area contributed by atoms with Crippen LogP contribution in [0.1, 0.15) is 0 Å². The van der Waals surface area contributed by atoms with Crippen molar-refractivity contribution in [2.75, 3.05) is 4.90 Å². The summed E-state index contributed by atoms with van der Waals surface area (Å²) in [5.74, 6) is 0. The van der Waals surface area contributed by atoms with E-state index in [1.54, 1.807) is 0 Å². The summed E-state index contributed by atoms with van der Waals surface area (Å²) in [5.41, 5.74) is 9.57. The van der Waals surface area contributed by atoms with E-state index in [2.05, 4.69) is 199 Å². The van der Waals surface area contributed by atoms with E-state index in [9.17, 15) is 0 Å². The third kappa shape index (κ3) is 4.88. The molecule has 252 valence electrons. The first-order chi connectivity index (χ1) is 26.8. The number of nitrogens with zero attached hydrogens (tertiary/aromatic N) is 1. The van der Waals surface area contributed by atoms with Crippen LogP contribution in [0.2, 0.25) is 0 Å². The average Bonchev–Trinajstić information content (AvgIpc) is 3.64. The van der Waals surface area contributed by atoms with E-state index >= 15 is 0 Å². The van der Waals surface area contributed by atoms with Crippen LogP contribution in [-0.4, -0.2) is 0 Å². The largest absolute Gasteiger partial charge is 0.455 e. The fourth-order valence-electron chi connectivity index (χ4n) is 8.39. The zero-order valence-electron chi connectivity index (χ0n) is 29.4. The van der Waals surface area contributed by atoms with Gasteiger partial charge < -0.3 is 9.32 Å². The molecule has 2 heteroatoms.